The highest BCUT2D eigenvalue weighted by atomic mass is 19.4. The predicted molar refractivity (Wildman–Crippen MR) is 153 cm³/mol. The molecule has 0 spiro atoms. The van der Waals surface area contributed by atoms with Gasteiger partial charge in [-0.25, -0.2) is 5.01 Å². The molecule has 0 N–H and O–H groups in total. The van der Waals surface area contributed by atoms with Crippen LogP contribution in [0.5, 0.6) is 23.0 Å². The van der Waals surface area contributed by atoms with Crippen LogP contribution >= 0.6 is 0 Å². The number of halogens is 3. The Morgan fingerprint density at radius 1 is 0.953 bits per heavy atom. The zero-order valence-corrected chi connectivity index (χ0v) is 24.6. The summed E-state index contributed by atoms with van der Waals surface area (Å²) in [5.41, 5.74) is 2.57. The monoisotopic (exact) mass is 598 g/mol. The SMILES string of the molecule is COc1ccc(/C=C2/CCC[C@@H]3C2=NN(C(=O)Cn2nc(C(F)(F)F)cc2C)[C@@H]3c2ccc(OC)c(OC)c2)cc1OC. The zero-order valence-electron chi connectivity index (χ0n) is 24.6. The van der Waals surface area contributed by atoms with Crippen molar-refractivity contribution < 1.29 is 36.9 Å². The fourth-order valence-electron chi connectivity index (χ4n) is 5.73. The number of aryl methyl sites for hydroxylation is 1. The van der Waals surface area contributed by atoms with Crippen LogP contribution in [-0.4, -0.2) is 54.8 Å². The summed E-state index contributed by atoms with van der Waals surface area (Å²) in [7, 11) is 6.22. The molecule has 1 amide bonds. The van der Waals surface area contributed by atoms with E-state index in [-0.39, 0.29) is 11.6 Å². The molecule has 1 fully saturated rings. The van der Waals surface area contributed by atoms with Crippen LogP contribution in [0.3, 0.4) is 0 Å². The quantitative estimate of drug-likeness (QED) is 0.313. The molecule has 228 valence electrons. The van der Waals surface area contributed by atoms with Gasteiger partial charge in [0.25, 0.3) is 5.91 Å². The van der Waals surface area contributed by atoms with Crippen LogP contribution in [0.25, 0.3) is 6.08 Å². The van der Waals surface area contributed by atoms with E-state index in [2.05, 4.69) is 5.10 Å². The molecule has 9 nitrogen and oxygen atoms in total. The Kier molecular flexibility index (Phi) is 8.38. The molecule has 2 aromatic carbocycles. The average Bonchev–Trinajstić information content (AvgIpc) is 3.58. The molecule has 12 heteroatoms. The lowest BCUT2D eigenvalue weighted by atomic mass is 9.77. The lowest BCUT2D eigenvalue weighted by molar-refractivity contribution is -0.142. The number of hydrazone groups is 1. The molecule has 0 unspecified atom stereocenters. The Hall–Kier alpha value is -4.48. The van der Waals surface area contributed by atoms with Gasteiger partial charge in [-0.05, 0) is 79.3 Å². The van der Waals surface area contributed by atoms with Crippen molar-refractivity contribution in [1.82, 2.24) is 14.8 Å². The van der Waals surface area contributed by atoms with Gasteiger partial charge in [-0.15, -0.1) is 0 Å². The Labute approximate surface area is 247 Å². The molecule has 43 heavy (non-hydrogen) atoms. The summed E-state index contributed by atoms with van der Waals surface area (Å²) >= 11 is 0. The Morgan fingerprint density at radius 2 is 1.60 bits per heavy atom. The van der Waals surface area contributed by atoms with E-state index in [9.17, 15) is 18.0 Å². The Bertz CT molecular complexity index is 1580. The number of amides is 1. The number of carbonyl (C=O) groups is 1. The number of carbonyl (C=O) groups excluding carboxylic acids is 1. The number of alkyl halides is 3. The van der Waals surface area contributed by atoms with Crippen molar-refractivity contribution in [3.8, 4) is 23.0 Å². The van der Waals surface area contributed by atoms with E-state index in [0.717, 1.165) is 52.4 Å². The third-order valence-electron chi connectivity index (χ3n) is 7.81. The van der Waals surface area contributed by atoms with Crippen LogP contribution in [0.15, 0.2) is 53.1 Å². The molecular weight excluding hydrogens is 565 g/mol. The molecule has 3 aromatic rings. The summed E-state index contributed by atoms with van der Waals surface area (Å²) in [6, 6.07) is 11.5. The van der Waals surface area contributed by atoms with Gasteiger partial charge in [0, 0.05) is 11.6 Å². The standard InChI is InChI=1S/C31H33F3N4O5/c1-18-13-27(31(32,33)34)35-37(18)17-28(39)38-30(21-10-12-24(41-3)26(16-21)43-5)22-8-6-7-20(29(22)36-38)14-19-9-11-23(40-2)25(15-19)42-4/h9-16,22,30H,6-8,17H2,1-5H3/b20-14-/t22-,30-/m1/s1. The largest absolute Gasteiger partial charge is 0.493 e. The van der Waals surface area contributed by atoms with Crippen molar-refractivity contribution in [3.05, 3.63) is 70.6 Å². The van der Waals surface area contributed by atoms with Crippen LogP contribution in [0.4, 0.5) is 13.2 Å². The second-order valence-electron chi connectivity index (χ2n) is 10.4. The molecule has 1 aliphatic carbocycles. The fraction of sp³-hybridized carbons (Fsp3) is 0.387. The van der Waals surface area contributed by atoms with Gasteiger partial charge >= 0.3 is 6.18 Å². The van der Waals surface area contributed by atoms with Gasteiger partial charge in [0.15, 0.2) is 28.7 Å². The minimum Gasteiger partial charge on any atom is -0.493 e. The number of fused-ring (bicyclic) bond motifs is 1. The first-order valence-electron chi connectivity index (χ1n) is 13.7. The van der Waals surface area contributed by atoms with Gasteiger partial charge in [-0.1, -0.05) is 12.1 Å². The topological polar surface area (TPSA) is 87.4 Å². The molecular formula is C31H33F3N4O5. The highest BCUT2D eigenvalue weighted by Crippen LogP contribution is 2.46. The molecule has 0 bridgehead atoms. The fourth-order valence-corrected chi connectivity index (χ4v) is 5.73. The number of nitrogens with zero attached hydrogens (tertiary/aromatic N) is 4. The summed E-state index contributed by atoms with van der Waals surface area (Å²) in [6.07, 6.45) is -0.211. The molecule has 5 rings (SSSR count). The molecule has 2 aliphatic rings. The van der Waals surface area contributed by atoms with Crippen molar-refractivity contribution in [2.75, 3.05) is 28.4 Å². The van der Waals surface area contributed by atoms with Gasteiger partial charge in [0.05, 0.1) is 40.2 Å². The maximum absolute atomic E-state index is 13.8. The highest BCUT2D eigenvalue weighted by Gasteiger charge is 2.44. The van der Waals surface area contributed by atoms with Crippen LogP contribution < -0.4 is 18.9 Å². The first-order chi connectivity index (χ1) is 20.6. The molecule has 1 saturated carbocycles. The number of benzene rings is 2. The van der Waals surface area contributed by atoms with Crippen molar-refractivity contribution in [2.24, 2.45) is 11.0 Å². The molecule has 0 radical (unpaired) electrons. The van der Waals surface area contributed by atoms with E-state index < -0.39 is 30.4 Å². The normalized spacial score (nSPS) is 19.2. The first-order valence-corrected chi connectivity index (χ1v) is 13.7. The number of methoxy groups -OCH3 is 4. The van der Waals surface area contributed by atoms with Crippen LogP contribution in [-0.2, 0) is 17.5 Å². The molecule has 2 heterocycles. The molecule has 1 aliphatic heterocycles. The van der Waals surface area contributed by atoms with E-state index in [1.165, 1.54) is 26.2 Å². The Morgan fingerprint density at radius 3 is 2.23 bits per heavy atom. The first kappa shape index (κ1) is 30.0. The second-order valence-corrected chi connectivity index (χ2v) is 10.4. The van der Waals surface area contributed by atoms with Crippen molar-refractivity contribution in [1.29, 1.82) is 0 Å². The maximum Gasteiger partial charge on any atom is 0.435 e. The van der Waals surface area contributed by atoms with E-state index in [1.807, 2.05) is 36.4 Å². The minimum atomic E-state index is -4.62. The van der Waals surface area contributed by atoms with E-state index >= 15 is 0 Å². The lowest BCUT2D eigenvalue weighted by Crippen LogP contribution is -2.34. The summed E-state index contributed by atoms with van der Waals surface area (Å²) in [6.45, 7) is 1.09. The van der Waals surface area contributed by atoms with E-state index in [1.54, 1.807) is 20.3 Å². The number of aromatic nitrogens is 2. The highest BCUT2D eigenvalue weighted by molar-refractivity contribution is 6.08. The van der Waals surface area contributed by atoms with Crippen molar-refractivity contribution in [2.45, 2.75) is 44.9 Å². The Balaban J connectivity index is 1.55. The van der Waals surface area contributed by atoms with Crippen LogP contribution in [0, 0.1) is 12.8 Å². The van der Waals surface area contributed by atoms with Crippen molar-refractivity contribution in [3.63, 3.8) is 0 Å². The predicted octanol–water partition coefficient (Wildman–Crippen LogP) is 6.07. The summed E-state index contributed by atoms with van der Waals surface area (Å²) < 4.78 is 62.8. The van der Waals surface area contributed by atoms with Gasteiger partial charge in [-0.2, -0.15) is 23.4 Å². The third-order valence-corrected chi connectivity index (χ3v) is 7.81. The number of hydrogen-bond acceptors (Lipinski definition) is 7. The van der Waals surface area contributed by atoms with Gasteiger partial charge in [-0.3, -0.25) is 9.48 Å². The van der Waals surface area contributed by atoms with Crippen LogP contribution in [0.1, 0.15) is 47.8 Å². The number of hydrogen-bond donors (Lipinski definition) is 0. The van der Waals surface area contributed by atoms with Gasteiger partial charge in [0.2, 0.25) is 0 Å². The second kappa shape index (κ2) is 12.0. The maximum atomic E-state index is 13.8. The van der Waals surface area contributed by atoms with E-state index in [0.29, 0.717) is 23.0 Å². The van der Waals surface area contributed by atoms with Crippen LogP contribution in [0.2, 0.25) is 0 Å². The number of ether oxygens (including phenoxy) is 4. The summed E-state index contributed by atoms with van der Waals surface area (Å²) in [5, 5.41) is 9.89. The molecule has 0 saturated heterocycles. The number of allylic oxidation sites excluding steroid dienone is 1. The lowest BCUT2D eigenvalue weighted by Gasteiger charge is -2.30. The smallest absolute Gasteiger partial charge is 0.435 e. The number of rotatable bonds is 8. The zero-order chi connectivity index (χ0) is 30.9. The molecule has 2 atom stereocenters. The van der Waals surface area contributed by atoms with Gasteiger partial charge in [0.1, 0.15) is 6.54 Å². The summed E-state index contributed by atoms with van der Waals surface area (Å²) in [4.78, 5) is 13.8. The third kappa shape index (κ3) is 5.91. The molecule has 1 aromatic heterocycles. The van der Waals surface area contributed by atoms with Crippen molar-refractivity contribution >= 4 is 17.7 Å². The summed E-state index contributed by atoms with van der Waals surface area (Å²) in [5.74, 6) is 1.60. The minimum absolute atomic E-state index is 0.147. The average molecular weight is 599 g/mol. The van der Waals surface area contributed by atoms with Gasteiger partial charge < -0.3 is 18.9 Å². The van der Waals surface area contributed by atoms with E-state index in [4.69, 9.17) is 24.0 Å².